The number of hydrogen-bond donors (Lipinski definition) is 1. The van der Waals surface area contributed by atoms with E-state index in [-0.39, 0.29) is 23.0 Å². The minimum absolute atomic E-state index is 0.140. The summed E-state index contributed by atoms with van der Waals surface area (Å²) in [5.41, 5.74) is 0.266. The fourth-order valence-electron chi connectivity index (χ4n) is 2.44. The topological polar surface area (TPSA) is 84.2 Å². The SMILES string of the molecule is CNC(=O)c1cccc(Oc2nc(Oc3cccc(C#N)c3)c(F)c(C)c2F)c1. The summed E-state index contributed by atoms with van der Waals surface area (Å²) in [5, 5.41) is 11.4. The molecule has 0 atom stereocenters. The van der Waals surface area contributed by atoms with Gasteiger partial charge in [-0.3, -0.25) is 4.79 Å². The number of amides is 1. The summed E-state index contributed by atoms with van der Waals surface area (Å²) < 4.78 is 39.8. The van der Waals surface area contributed by atoms with Gasteiger partial charge in [0.25, 0.3) is 17.7 Å². The Balaban J connectivity index is 1.96. The van der Waals surface area contributed by atoms with Crippen LogP contribution in [0.4, 0.5) is 8.78 Å². The molecule has 0 aliphatic rings. The van der Waals surface area contributed by atoms with Crippen molar-refractivity contribution in [3.63, 3.8) is 0 Å². The number of aromatic nitrogens is 1. The van der Waals surface area contributed by atoms with Gasteiger partial charge in [0.05, 0.1) is 11.6 Å². The molecule has 8 heteroatoms. The number of rotatable bonds is 5. The summed E-state index contributed by atoms with van der Waals surface area (Å²) in [6.45, 7) is 1.22. The number of carbonyl (C=O) groups excluding carboxylic acids is 1. The van der Waals surface area contributed by atoms with E-state index in [0.717, 1.165) is 0 Å². The van der Waals surface area contributed by atoms with Gasteiger partial charge in [-0.25, -0.2) is 8.78 Å². The average Bonchev–Trinajstić information content (AvgIpc) is 2.75. The van der Waals surface area contributed by atoms with Gasteiger partial charge in [0.1, 0.15) is 11.5 Å². The van der Waals surface area contributed by atoms with Crippen LogP contribution in [0.15, 0.2) is 48.5 Å². The zero-order valence-electron chi connectivity index (χ0n) is 15.5. The molecule has 1 amide bonds. The molecular formula is C21H15F2N3O3. The van der Waals surface area contributed by atoms with Crippen molar-refractivity contribution in [3.8, 4) is 29.3 Å². The van der Waals surface area contributed by atoms with Crippen LogP contribution in [-0.2, 0) is 0 Å². The number of carbonyl (C=O) groups is 1. The summed E-state index contributed by atoms with van der Waals surface area (Å²) in [4.78, 5) is 15.5. The van der Waals surface area contributed by atoms with Crippen molar-refractivity contribution in [2.24, 2.45) is 0 Å². The number of nitrogens with one attached hydrogen (secondary N) is 1. The highest BCUT2D eigenvalue weighted by Gasteiger charge is 2.21. The third kappa shape index (κ3) is 4.30. The first-order valence-electron chi connectivity index (χ1n) is 8.46. The molecule has 3 rings (SSSR count). The third-order valence-corrected chi connectivity index (χ3v) is 3.95. The van der Waals surface area contributed by atoms with Crippen LogP contribution in [0.3, 0.4) is 0 Å². The van der Waals surface area contributed by atoms with Crippen molar-refractivity contribution in [2.45, 2.75) is 6.92 Å². The number of nitrogens with zero attached hydrogens (tertiary/aromatic N) is 2. The Morgan fingerprint density at radius 2 is 1.62 bits per heavy atom. The van der Waals surface area contributed by atoms with E-state index in [4.69, 9.17) is 14.7 Å². The first-order chi connectivity index (χ1) is 13.9. The Labute approximate surface area is 165 Å². The highest BCUT2D eigenvalue weighted by Crippen LogP contribution is 2.33. The average molecular weight is 395 g/mol. The molecule has 0 saturated heterocycles. The maximum atomic E-state index is 14.5. The van der Waals surface area contributed by atoms with Crippen LogP contribution in [0.25, 0.3) is 0 Å². The third-order valence-electron chi connectivity index (χ3n) is 3.95. The fraction of sp³-hybridized carbons (Fsp3) is 0.0952. The number of hydrogen-bond acceptors (Lipinski definition) is 5. The largest absolute Gasteiger partial charge is 0.436 e. The highest BCUT2D eigenvalue weighted by atomic mass is 19.1. The van der Waals surface area contributed by atoms with Crippen LogP contribution in [0, 0.1) is 29.9 Å². The zero-order valence-corrected chi connectivity index (χ0v) is 15.5. The lowest BCUT2D eigenvalue weighted by molar-refractivity contribution is 0.0962. The monoisotopic (exact) mass is 395 g/mol. The van der Waals surface area contributed by atoms with E-state index >= 15 is 0 Å². The maximum absolute atomic E-state index is 14.5. The Morgan fingerprint density at radius 3 is 2.21 bits per heavy atom. The first kappa shape index (κ1) is 19.8. The second-order valence-corrected chi connectivity index (χ2v) is 5.93. The molecule has 0 aliphatic heterocycles. The molecule has 1 N–H and O–H groups in total. The predicted molar refractivity (Wildman–Crippen MR) is 100 cm³/mol. The van der Waals surface area contributed by atoms with Gasteiger partial charge in [0, 0.05) is 18.2 Å². The molecule has 6 nitrogen and oxygen atoms in total. The van der Waals surface area contributed by atoms with Crippen molar-refractivity contribution in [2.75, 3.05) is 7.05 Å². The smallest absolute Gasteiger partial charge is 0.259 e. The first-order valence-corrected chi connectivity index (χ1v) is 8.46. The van der Waals surface area contributed by atoms with Crippen LogP contribution in [0.5, 0.6) is 23.3 Å². The number of benzene rings is 2. The maximum Gasteiger partial charge on any atom is 0.259 e. The zero-order chi connectivity index (χ0) is 21.0. The van der Waals surface area contributed by atoms with Crippen molar-refractivity contribution >= 4 is 5.91 Å². The summed E-state index contributed by atoms with van der Waals surface area (Å²) in [7, 11) is 1.48. The Kier molecular flexibility index (Phi) is 5.69. The van der Waals surface area contributed by atoms with Gasteiger partial charge in [-0.15, -0.1) is 0 Å². The van der Waals surface area contributed by atoms with E-state index in [1.807, 2.05) is 6.07 Å². The number of ether oxygens (including phenoxy) is 2. The molecular weight excluding hydrogens is 380 g/mol. The molecule has 3 aromatic rings. The van der Waals surface area contributed by atoms with Crippen molar-refractivity contribution < 1.29 is 23.0 Å². The molecule has 2 aromatic carbocycles. The molecule has 0 bridgehead atoms. The lowest BCUT2D eigenvalue weighted by Gasteiger charge is -2.12. The number of pyridine rings is 1. The van der Waals surface area contributed by atoms with Gasteiger partial charge < -0.3 is 14.8 Å². The quantitative estimate of drug-likeness (QED) is 0.688. The van der Waals surface area contributed by atoms with E-state index in [1.54, 1.807) is 24.3 Å². The molecule has 0 unspecified atom stereocenters. The predicted octanol–water partition coefficient (Wildman–Crippen LogP) is 4.48. The van der Waals surface area contributed by atoms with Gasteiger partial charge in [0.15, 0.2) is 11.6 Å². The summed E-state index contributed by atoms with van der Waals surface area (Å²) in [6.07, 6.45) is 0. The molecule has 0 spiro atoms. The van der Waals surface area contributed by atoms with Gasteiger partial charge in [-0.1, -0.05) is 12.1 Å². The second-order valence-electron chi connectivity index (χ2n) is 5.93. The molecule has 0 fully saturated rings. The van der Waals surface area contributed by atoms with Crippen LogP contribution in [-0.4, -0.2) is 17.9 Å². The lowest BCUT2D eigenvalue weighted by Crippen LogP contribution is -2.17. The second kappa shape index (κ2) is 8.35. The summed E-state index contributed by atoms with van der Waals surface area (Å²) in [6, 6.07) is 14.0. The van der Waals surface area contributed by atoms with Gasteiger partial charge in [0.2, 0.25) is 0 Å². The molecule has 29 heavy (non-hydrogen) atoms. The van der Waals surface area contributed by atoms with Crippen LogP contribution >= 0.6 is 0 Å². The minimum Gasteiger partial charge on any atom is -0.436 e. The van der Waals surface area contributed by atoms with Crippen LogP contribution in [0.2, 0.25) is 0 Å². The lowest BCUT2D eigenvalue weighted by atomic mass is 10.2. The van der Waals surface area contributed by atoms with Gasteiger partial charge in [-0.2, -0.15) is 10.2 Å². The molecule has 1 aromatic heterocycles. The van der Waals surface area contributed by atoms with Crippen molar-refractivity contribution in [1.82, 2.24) is 10.3 Å². The molecule has 0 radical (unpaired) electrons. The standard InChI is InChI=1S/C21H15F2N3O3/c1-12-17(22)20(28-15-7-3-5-13(9-15)11-24)26-21(18(12)23)29-16-8-4-6-14(10-16)19(27)25-2/h3-10H,1-2H3,(H,25,27). The Hall–Kier alpha value is -3.99. The van der Waals surface area contributed by atoms with E-state index in [0.29, 0.717) is 11.1 Å². The van der Waals surface area contributed by atoms with E-state index in [9.17, 15) is 13.6 Å². The Bertz CT molecular complexity index is 1130. The van der Waals surface area contributed by atoms with Gasteiger partial charge >= 0.3 is 0 Å². The molecule has 146 valence electrons. The normalized spacial score (nSPS) is 10.2. The molecule has 1 heterocycles. The Morgan fingerprint density at radius 1 is 1.03 bits per heavy atom. The minimum atomic E-state index is -0.994. The summed E-state index contributed by atoms with van der Waals surface area (Å²) in [5.74, 6) is -3.04. The molecule has 0 aliphatic carbocycles. The highest BCUT2D eigenvalue weighted by molar-refractivity contribution is 5.94. The van der Waals surface area contributed by atoms with E-state index < -0.39 is 23.4 Å². The van der Waals surface area contributed by atoms with Crippen LogP contribution < -0.4 is 14.8 Å². The fourth-order valence-corrected chi connectivity index (χ4v) is 2.44. The number of nitriles is 1. The molecule has 0 saturated carbocycles. The van der Waals surface area contributed by atoms with Crippen LogP contribution in [0.1, 0.15) is 21.5 Å². The number of halogens is 2. The van der Waals surface area contributed by atoms with Gasteiger partial charge in [-0.05, 0) is 43.3 Å². The van der Waals surface area contributed by atoms with Crippen molar-refractivity contribution in [1.29, 1.82) is 5.26 Å². The summed E-state index contributed by atoms with van der Waals surface area (Å²) >= 11 is 0. The van der Waals surface area contributed by atoms with E-state index in [1.165, 1.54) is 38.2 Å². The van der Waals surface area contributed by atoms with E-state index in [2.05, 4.69) is 10.3 Å². The van der Waals surface area contributed by atoms with Crippen molar-refractivity contribution in [3.05, 3.63) is 76.9 Å².